The van der Waals surface area contributed by atoms with Crippen LogP contribution in [0, 0.1) is 0 Å². The van der Waals surface area contributed by atoms with Crippen molar-refractivity contribution in [3.8, 4) is 0 Å². The summed E-state index contributed by atoms with van der Waals surface area (Å²) in [5.41, 5.74) is -1.99. The first-order valence-electron chi connectivity index (χ1n) is 14.6. The van der Waals surface area contributed by atoms with Crippen LogP contribution in [0.2, 0.25) is 0 Å². The Morgan fingerprint density at radius 3 is 1.71 bits per heavy atom. The second kappa shape index (κ2) is 20.1. The molecule has 0 spiro atoms. The molecule has 1 aliphatic heterocycles. The zero-order valence-corrected chi connectivity index (χ0v) is 23.5. The first-order valence-corrected chi connectivity index (χ1v) is 14.6. The monoisotopic (exact) mass is 550 g/mol. The normalized spacial score (nSPS) is 27.3. The van der Waals surface area contributed by atoms with Gasteiger partial charge in [-0.15, -0.1) is 0 Å². The van der Waals surface area contributed by atoms with Crippen molar-refractivity contribution in [1.29, 1.82) is 0 Å². The molecule has 10 heteroatoms. The van der Waals surface area contributed by atoms with Crippen LogP contribution in [0.5, 0.6) is 0 Å². The predicted molar refractivity (Wildman–Crippen MR) is 142 cm³/mol. The third kappa shape index (κ3) is 11.3. The van der Waals surface area contributed by atoms with Gasteiger partial charge in [-0.1, -0.05) is 96.8 Å². The number of aliphatic hydroxyl groups excluding tert-OH is 6. The van der Waals surface area contributed by atoms with Crippen LogP contribution in [0.4, 0.5) is 0 Å². The van der Waals surface area contributed by atoms with Crippen molar-refractivity contribution in [2.45, 2.75) is 152 Å². The molecule has 1 fully saturated rings. The summed E-state index contributed by atoms with van der Waals surface area (Å²) in [4.78, 5) is 12.3. The Morgan fingerprint density at radius 2 is 1.29 bits per heavy atom. The third-order valence-corrected chi connectivity index (χ3v) is 7.59. The van der Waals surface area contributed by atoms with E-state index in [0.717, 1.165) is 25.7 Å². The van der Waals surface area contributed by atoms with E-state index in [-0.39, 0.29) is 6.42 Å². The van der Waals surface area contributed by atoms with Gasteiger partial charge in [-0.25, -0.2) is 4.79 Å². The van der Waals surface area contributed by atoms with Gasteiger partial charge in [0.15, 0.2) is 18.0 Å². The SMILES string of the molecule is CCCCCCCCCCCCCCCCCC(OC(=O)C(O)CO)C1(CO)O[C@H](OC)[C@@H](O)[C@H](O)[C@H]1O. The lowest BCUT2D eigenvalue weighted by Crippen LogP contribution is -2.71. The molecule has 0 bridgehead atoms. The van der Waals surface area contributed by atoms with Crippen LogP contribution in [-0.4, -0.2) is 99.3 Å². The molecule has 0 aromatic rings. The van der Waals surface area contributed by atoms with Crippen molar-refractivity contribution in [2.75, 3.05) is 20.3 Å². The maximum absolute atomic E-state index is 12.3. The number of carbonyl (C=O) groups is 1. The molecular formula is C28H54O10. The van der Waals surface area contributed by atoms with Gasteiger partial charge in [-0.3, -0.25) is 0 Å². The van der Waals surface area contributed by atoms with Gasteiger partial charge in [-0.2, -0.15) is 0 Å². The van der Waals surface area contributed by atoms with Crippen molar-refractivity contribution in [3.63, 3.8) is 0 Å². The van der Waals surface area contributed by atoms with E-state index in [4.69, 9.17) is 19.3 Å². The van der Waals surface area contributed by atoms with Crippen molar-refractivity contribution < 1.29 is 49.6 Å². The first kappa shape index (κ1) is 35.2. The Labute approximate surface area is 228 Å². The van der Waals surface area contributed by atoms with Gasteiger partial charge in [0.25, 0.3) is 0 Å². The van der Waals surface area contributed by atoms with Crippen molar-refractivity contribution in [1.82, 2.24) is 0 Å². The summed E-state index contributed by atoms with van der Waals surface area (Å²) in [6, 6.07) is 0. The molecule has 226 valence electrons. The fraction of sp³-hybridized carbons (Fsp3) is 0.964. The predicted octanol–water partition coefficient (Wildman–Crippen LogP) is 2.33. The maximum atomic E-state index is 12.3. The van der Waals surface area contributed by atoms with Crippen molar-refractivity contribution in [2.24, 2.45) is 0 Å². The minimum atomic E-state index is -1.99. The largest absolute Gasteiger partial charge is 0.457 e. The number of hydrogen-bond donors (Lipinski definition) is 6. The molecular weight excluding hydrogens is 496 g/mol. The van der Waals surface area contributed by atoms with Gasteiger partial charge in [0.1, 0.15) is 24.4 Å². The molecule has 0 aromatic carbocycles. The summed E-state index contributed by atoms with van der Waals surface area (Å²) in [6.45, 7) is 0.534. The topological polar surface area (TPSA) is 166 Å². The molecule has 1 heterocycles. The Bertz CT molecular complexity index is 604. The van der Waals surface area contributed by atoms with E-state index in [2.05, 4.69) is 6.92 Å². The molecule has 6 N–H and O–H groups in total. The molecule has 0 radical (unpaired) electrons. The molecule has 1 aliphatic rings. The molecule has 38 heavy (non-hydrogen) atoms. The summed E-state index contributed by atoms with van der Waals surface area (Å²) in [6.07, 6.45) is 8.27. The molecule has 0 saturated carbocycles. The number of carbonyl (C=O) groups excluding carboxylic acids is 1. The minimum Gasteiger partial charge on any atom is -0.457 e. The zero-order valence-electron chi connectivity index (χ0n) is 23.5. The van der Waals surface area contributed by atoms with Crippen LogP contribution in [0.15, 0.2) is 0 Å². The van der Waals surface area contributed by atoms with E-state index in [1.54, 1.807) is 0 Å². The number of esters is 1. The van der Waals surface area contributed by atoms with Crippen molar-refractivity contribution >= 4 is 5.97 Å². The van der Waals surface area contributed by atoms with Gasteiger partial charge in [0.2, 0.25) is 0 Å². The van der Waals surface area contributed by atoms with E-state index in [9.17, 15) is 30.3 Å². The van der Waals surface area contributed by atoms with E-state index >= 15 is 0 Å². The quantitative estimate of drug-likeness (QED) is 0.0870. The average Bonchev–Trinajstić information content (AvgIpc) is 2.93. The minimum absolute atomic E-state index is 0.166. The Morgan fingerprint density at radius 1 is 0.816 bits per heavy atom. The molecule has 1 rings (SSSR count). The number of ether oxygens (including phenoxy) is 3. The molecule has 7 atom stereocenters. The van der Waals surface area contributed by atoms with E-state index < -0.39 is 61.6 Å². The van der Waals surface area contributed by atoms with Gasteiger partial charge in [0.05, 0.1) is 13.2 Å². The van der Waals surface area contributed by atoms with Gasteiger partial charge in [0, 0.05) is 7.11 Å². The summed E-state index contributed by atoms with van der Waals surface area (Å²) >= 11 is 0. The van der Waals surface area contributed by atoms with Crippen LogP contribution in [0.3, 0.4) is 0 Å². The van der Waals surface area contributed by atoms with E-state index in [1.165, 1.54) is 71.3 Å². The van der Waals surface area contributed by atoms with Crippen LogP contribution < -0.4 is 0 Å². The van der Waals surface area contributed by atoms with E-state index in [1.807, 2.05) is 0 Å². The molecule has 10 nitrogen and oxygen atoms in total. The number of hydrogen-bond acceptors (Lipinski definition) is 10. The lowest BCUT2D eigenvalue weighted by molar-refractivity contribution is -0.352. The Kier molecular flexibility index (Phi) is 18.6. The second-order valence-electron chi connectivity index (χ2n) is 10.6. The molecule has 0 aromatic heterocycles. The first-order chi connectivity index (χ1) is 18.3. The van der Waals surface area contributed by atoms with Crippen LogP contribution in [0.1, 0.15) is 110 Å². The van der Waals surface area contributed by atoms with Gasteiger partial charge >= 0.3 is 5.97 Å². The Balaban J connectivity index is 2.49. The highest BCUT2D eigenvalue weighted by Gasteiger charge is 2.58. The average molecular weight is 551 g/mol. The second-order valence-corrected chi connectivity index (χ2v) is 10.6. The Hall–Kier alpha value is -0.850. The number of methoxy groups -OCH3 is 1. The standard InChI is InChI=1S/C28H54O10/c1-3-4-5-6-7-8-9-10-11-12-13-14-15-16-17-18-22(37-26(35)21(31)19-29)28(20-30)25(34)23(32)24(33)27(36-2)38-28/h21-25,27,29-34H,3-20H2,1-2H3/t21?,22?,23-,24-,25+,27-,28?/m0/s1. The maximum Gasteiger partial charge on any atom is 0.337 e. The molecule has 0 amide bonds. The van der Waals surface area contributed by atoms with Crippen LogP contribution >= 0.6 is 0 Å². The molecule has 1 saturated heterocycles. The fourth-order valence-corrected chi connectivity index (χ4v) is 5.08. The van der Waals surface area contributed by atoms with E-state index in [0.29, 0.717) is 6.42 Å². The van der Waals surface area contributed by atoms with Crippen LogP contribution in [0.25, 0.3) is 0 Å². The van der Waals surface area contributed by atoms with Crippen molar-refractivity contribution in [3.05, 3.63) is 0 Å². The number of aliphatic hydroxyl groups is 6. The molecule has 0 aliphatic carbocycles. The number of rotatable bonds is 22. The highest BCUT2D eigenvalue weighted by molar-refractivity contribution is 5.74. The highest BCUT2D eigenvalue weighted by atomic mass is 16.7. The number of unbranched alkanes of at least 4 members (excludes halogenated alkanes) is 14. The lowest BCUT2D eigenvalue weighted by atomic mass is 9.80. The van der Waals surface area contributed by atoms with Gasteiger partial charge < -0.3 is 44.8 Å². The van der Waals surface area contributed by atoms with Gasteiger partial charge in [-0.05, 0) is 12.8 Å². The zero-order chi connectivity index (χ0) is 28.4. The third-order valence-electron chi connectivity index (χ3n) is 7.59. The van der Waals surface area contributed by atoms with Crippen LogP contribution in [-0.2, 0) is 19.0 Å². The summed E-state index contributed by atoms with van der Waals surface area (Å²) < 4.78 is 16.1. The summed E-state index contributed by atoms with van der Waals surface area (Å²) in [5, 5.41) is 60.2. The smallest absolute Gasteiger partial charge is 0.337 e. The molecule has 3 unspecified atom stereocenters. The fourth-order valence-electron chi connectivity index (χ4n) is 5.08. The highest BCUT2D eigenvalue weighted by Crippen LogP contribution is 2.36. The lowest BCUT2D eigenvalue weighted by Gasteiger charge is -2.50. The summed E-state index contributed by atoms with van der Waals surface area (Å²) in [7, 11) is 1.23. The summed E-state index contributed by atoms with van der Waals surface area (Å²) in [5.74, 6) is -1.14.